The number of carboxylic acid groups (broad SMARTS) is 1. The lowest BCUT2D eigenvalue weighted by Crippen LogP contribution is -2.42. The highest BCUT2D eigenvalue weighted by atomic mass is 32.2. The minimum absolute atomic E-state index is 0.0565. The Morgan fingerprint density at radius 1 is 1.29 bits per heavy atom. The van der Waals surface area contributed by atoms with Gasteiger partial charge in [-0.05, 0) is 24.5 Å². The van der Waals surface area contributed by atoms with Crippen LogP contribution in [-0.4, -0.2) is 25.5 Å². The molecule has 8 heteroatoms. The quantitative estimate of drug-likeness (QED) is 0.803. The molecule has 0 saturated heterocycles. The lowest BCUT2D eigenvalue weighted by atomic mass is 10.1. The largest absolute Gasteiger partial charge is 0.480 e. The Bertz CT molecular complexity index is 596. The topological polar surface area (TPSA) is 83.5 Å². The molecule has 0 radical (unpaired) electrons. The summed E-state index contributed by atoms with van der Waals surface area (Å²) in [6.07, 6.45) is 0.0777. The standard InChI is InChI=1S/C13H17F2NO4S/c1-8(2)6-12(13(17)18)16-21(19,20)7-9-10(14)4-3-5-11(9)15/h3-5,8,12,16H,6-7H2,1-2H3,(H,17,18)/t12-/m0/s1. The van der Waals surface area contributed by atoms with Crippen LogP contribution < -0.4 is 4.72 Å². The van der Waals surface area contributed by atoms with E-state index in [2.05, 4.69) is 0 Å². The molecule has 0 saturated carbocycles. The Labute approximate surface area is 122 Å². The van der Waals surface area contributed by atoms with Crippen molar-refractivity contribution in [3.8, 4) is 0 Å². The van der Waals surface area contributed by atoms with Crippen LogP contribution in [0.2, 0.25) is 0 Å². The molecule has 1 atom stereocenters. The molecule has 21 heavy (non-hydrogen) atoms. The van der Waals surface area contributed by atoms with Gasteiger partial charge in [0.25, 0.3) is 0 Å². The fourth-order valence-electron chi connectivity index (χ4n) is 1.79. The highest BCUT2D eigenvalue weighted by Gasteiger charge is 2.26. The number of aliphatic carboxylic acids is 1. The number of benzene rings is 1. The number of hydrogen-bond donors (Lipinski definition) is 2. The molecule has 0 fully saturated rings. The van der Waals surface area contributed by atoms with E-state index in [0.717, 1.165) is 18.2 Å². The first-order valence-electron chi connectivity index (χ1n) is 6.28. The van der Waals surface area contributed by atoms with Crippen molar-refractivity contribution in [2.75, 3.05) is 0 Å². The molecular weight excluding hydrogens is 304 g/mol. The summed E-state index contributed by atoms with van der Waals surface area (Å²) in [5, 5.41) is 8.99. The maximum Gasteiger partial charge on any atom is 0.321 e. The summed E-state index contributed by atoms with van der Waals surface area (Å²) in [5.74, 6) is -4.32. The Morgan fingerprint density at radius 3 is 2.24 bits per heavy atom. The Kier molecular flexibility index (Phi) is 5.79. The number of rotatable bonds is 7. The van der Waals surface area contributed by atoms with Gasteiger partial charge in [0.1, 0.15) is 17.7 Å². The van der Waals surface area contributed by atoms with E-state index < -0.39 is 45.0 Å². The second kappa shape index (κ2) is 6.95. The van der Waals surface area contributed by atoms with Crippen molar-refractivity contribution in [3.05, 3.63) is 35.4 Å². The molecule has 0 aliphatic rings. The van der Waals surface area contributed by atoms with Crippen molar-refractivity contribution in [2.45, 2.75) is 32.1 Å². The number of nitrogens with one attached hydrogen (secondary N) is 1. The van der Waals surface area contributed by atoms with E-state index >= 15 is 0 Å². The second-order valence-electron chi connectivity index (χ2n) is 5.10. The number of hydrogen-bond acceptors (Lipinski definition) is 3. The first kappa shape index (κ1) is 17.5. The molecule has 1 rings (SSSR count). The summed E-state index contributed by atoms with van der Waals surface area (Å²) in [4.78, 5) is 11.0. The first-order chi connectivity index (χ1) is 9.62. The predicted molar refractivity (Wildman–Crippen MR) is 73.0 cm³/mol. The van der Waals surface area contributed by atoms with Crippen molar-refractivity contribution in [1.82, 2.24) is 4.72 Å². The molecular formula is C13H17F2NO4S. The molecule has 0 unspecified atom stereocenters. The number of carboxylic acids is 1. The number of halogens is 2. The maximum absolute atomic E-state index is 13.4. The van der Waals surface area contributed by atoms with Crippen LogP contribution in [0.4, 0.5) is 8.78 Å². The van der Waals surface area contributed by atoms with Crippen molar-refractivity contribution in [2.24, 2.45) is 5.92 Å². The third-order valence-electron chi connectivity index (χ3n) is 2.72. The SMILES string of the molecule is CC(C)C[C@H](NS(=O)(=O)Cc1c(F)cccc1F)C(=O)O. The molecule has 0 spiro atoms. The Hall–Kier alpha value is -1.54. The van der Waals surface area contributed by atoms with Crippen LogP contribution in [0.1, 0.15) is 25.8 Å². The summed E-state index contributed by atoms with van der Waals surface area (Å²) >= 11 is 0. The maximum atomic E-state index is 13.4. The first-order valence-corrected chi connectivity index (χ1v) is 7.93. The van der Waals surface area contributed by atoms with E-state index in [0.29, 0.717) is 0 Å². The zero-order valence-corrected chi connectivity index (χ0v) is 12.5. The fourth-order valence-corrected chi connectivity index (χ4v) is 3.16. The van der Waals surface area contributed by atoms with Crippen LogP contribution in [0, 0.1) is 17.6 Å². The van der Waals surface area contributed by atoms with E-state index in [1.54, 1.807) is 13.8 Å². The third-order valence-corrected chi connectivity index (χ3v) is 4.04. The molecule has 0 aromatic heterocycles. The highest BCUT2D eigenvalue weighted by Crippen LogP contribution is 2.16. The van der Waals surface area contributed by atoms with Gasteiger partial charge in [0.2, 0.25) is 10.0 Å². The highest BCUT2D eigenvalue weighted by molar-refractivity contribution is 7.88. The third kappa shape index (κ3) is 5.39. The van der Waals surface area contributed by atoms with Crippen LogP contribution in [0.15, 0.2) is 18.2 Å². The van der Waals surface area contributed by atoms with Gasteiger partial charge in [0, 0.05) is 5.56 Å². The Balaban J connectivity index is 2.93. The van der Waals surface area contributed by atoms with E-state index in [1.165, 1.54) is 0 Å². The number of sulfonamides is 1. The second-order valence-corrected chi connectivity index (χ2v) is 6.85. The monoisotopic (exact) mass is 321 g/mol. The van der Waals surface area contributed by atoms with Crippen LogP contribution in [-0.2, 0) is 20.6 Å². The molecule has 0 amide bonds. The molecule has 5 nitrogen and oxygen atoms in total. The summed E-state index contributed by atoms with van der Waals surface area (Å²) in [6, 6.07) is 1.67. The summed E-state index contributed by atoms with van der Waals surface area (Å²) in [6.45, 7) is 3.47. The van der Waals surface area contributed by atoms with E-state index in [4.69, 9.17) is 5.11 Å². The van der Waals surface area contributed by atoms with E-state index in [9.17, 15) is 22.0 Å². The van der Waals surface area contributed by atoms with Gasteiger partial charge in [-0.1, -0.05) is 19.9 Å². The number of carbonyl (C=O) groups is 1. The molecule has 1 aromatic rings. The Morgan fingerprint density at radius 2 is 1.81 bits per heavy atom. The minimum Gasteiger partial charge on any atom is -0.480 e. The molecule has 0 heterocycles. The molecule has 0 aliphatic carbocycles. The van der Waals surface area contributed by atoms with Gasteiger partial charge in [-0.25, -0.2) is 21.9 Å². The zero-order chi connectivity index (χ0) is 16.2. The summed E-state index contributed by atoms with van der Waals surface area (Å²) in [5.41, 5.74) is -0.612. The van der Waals surface area contributed by atoms with Crippen LogP contribution in [0.25, 0.3) is 0 Å². The molecule has 0 aliphatic heterocycles. The summed E-state index contributed by atoms with van der Waals surface area (Å²) in [7, 11) is -4.18. The van der Waals surface area contributed by atoms with Gasteiger partial charge < -0.3 is 5.11 Å². The van der Waals surface area contributed by atoms with Crippen molar-refractivity contribution in [3.63, 3.8) is 0 Å². The normalized spacial score (nSPS) is 13.4. The summed E-state index contributed by atoms with van der Waals surface area (Å²) < 4.78 is 52.6. The van der Waals surface area contributed by atoms with Crippen molar-refractivity contribution < 1.29 is 27.1 Å². The van der Waals surface area contributed by atoms with E-state index in [-0.39, 0.29) is 12.3 Å². The van der Waals surface area contributed by atoms with Crippen LogP contribution >= 0.6 is 0 Å². The lowest BCUT2D eigenvalue weighted by Gasteiger charge is -2.16. The van der Waals surface area contributed by atoms with Crippen molar-refractivity contribution in [1.29, 1.82) is 0 Å². The van der Waals surface area contributed by atoms with Gasteiger partial charge in [0.15, 0.2) is 0 Å². The van der Waals surface area contributed by atoms with Crippen molar-refractivity contribution >= 4 is 16.0 Å². The average Bonchev–Trinajstić information content (AvgIpc) is 2.32. The van der Waals surface area contributed by atoms with Gasteiger partial charge >= 0.3 is 5.97 Å². The van der Waals surface area contributed by atoms with Gasteiger partial charge in [-0.3, -0.25) is 4.79 Å². The predicted octanol–water partition coefficient (Wildman–Crippen LogP) is 1.88. The molecule has 0 bridgehead atoms. The van der Waals surface area contributed by atoms with Gasteiger partial charge in [-0.15, -0.1) is 0 Å². The van der Waals surface area contributed by atoms with E-state index in [1.807, 2.05) is 4.72 Å². The minimum atomic E-state index is -4.18. The zero-order valence-electron chi connectivity index (χ0n) is 11.6. The average molecular weight is 321 g/mol. The lowest BCUT2D eigenvalue weighted by molar-refractivity contribution is -0.139. The van der Waals surface area contributed by atoms with Gasteiger partial charge in [0.05, 0.1) is 5.75 Å². The molecule has 118 valence electrons. The molecule has 2 N–H and O–H groups in total. The fraction of sp³-hybridized carbons (Fsp3) is 0.462. The smallest absolute Gasteiger partial charge is 0.321 e. The van der Waals surface area contributed by atoms with Crippen LogP contribution in [0.5, 0.6) is 0 Å². The van der Waals surface area contributed by atoms with Crippen LogP contribution in [0.3, 0.4) is 0 Å². The molecule has 1 aromatic carbocycles. The van der Waals surface area contributed by atoms with Gasteiger partial charge in [-0.2, -0.15) is 0 Å².